The Bertz CT molecular complexity index is 925. The lowest BCUT2D eigenvalue weighted by Crippen LogP contribution is -2.31. The van der Waals surface area contributed by atoms with Gasteiger partial charge < -0.3 is 10.2 Å². The van der Waals surface area contributed by atoms with Crippen molar-refractivity contribution in [3.8, 4) is 0 Å². The van der Waals surface area contributed by atoms with Crippen LogP contribution in [0.1, 0.15) is 21.6 Å². The number of rotatable bonds is 3. The number of hydrogen-bond donors (Lipinski definition) is 1. The van der Waals surface area contributed by atoms with Crippen LogP contribution in [0.25, 0.3) is 0 Å². The van der Waals surface area contributed by atoms with Crippen molar-refractivity contribution >= 4 is 17.4 Å². The quantitative estimate of drug-likeness (QED) is 0.788. The van der Waals surface area contributed by atoms with E-state index in [1.807, 2.05) is 6.07 Å². The second kappa shape index (κ2) is 6.92. The highest BCUT2D eigenvalue weighted by Gasteiger charge is 2.18. The molecule has 4 rings (SSSR count). The molecule has 2 heterocycles. The monoisotopic (exact) mass is 348 g/mol. The molecule has 1 N–H and O–H groups in total. The Morgan fingerprint density at radius 2 is 1.73 bits per heavy atom. The van der Waals surface area contributed by atoms with Crippen molar-refractivity contribution in [3.63, 3.8) is 0 Å². The summed E-state index contributed by atoms with van der Waals surface area (Å²) in [6, 6.07) is 17.4. The largest absolute Gasteiger partial charge is 0.350 e. The van der Waals surface area contributed by atoms with Gasteiger partial charge in [0.25, 0.3) is 5.91 Å². The van der Waals surface area contributed by atoms with Gasteiger partial charge in [0.1, 0.15) is 5.82 Å². The number of nitrogens with one attached hydrogen (secondary N) is 1. The van der Waals surface area contributed by atoms with E-state index in [4.69, 9.17) is 0 Å². The average molecular weight is 348 g/mol. The number of nitrogens with zero attached hydrogens (tertiary/aromatic N) is 3. The lowest BCUT2D eigenvalue weighted by Gasteiger charge is -2.29. The molecule has 0 saturated heterocycles. The second-order valence-electron chi connectivity index (χ2n) is 6.18. The topological polar surface area (TPSA) is 58.1 Å². The maximum atomic E-state index is 12.9. The molecule has 0 aliphatic carbocycles. The SMILES string of the molecule is O=C(Nc1ccc(F)cc1)c1ccc(N2CCc3ccccc3C2)nn1. The molecule has 0 saturated carbocycles. The number of carbonyl (C=O) groups excluding carboxylic acids is 1. The van der Waals surface area contributed by atoms with E-state index in [1.165, 1.54) is 35.4 Å². The van der Waals surface area contributed by atoms with Crippen LogP contribution < -0.4 is 10.2 Å². The third-order valence-corrected chi connectivity index (χ3v) is 4.44. The highest BCUT2D eigenvalue weighted by atomic mass is 19.1. The fourth-order valence-electron chi connectivity index (χ4n) is 3.03. The van der Waals surface area contributed by atoms with Gasteiger partial charge in [0.2, 0.25) is 0 Å². The van der Waals surface area contributed by atoms with E-state index >= 15 is 0 Å². The number of carbonyl (C=O) groups is 1. The molecule has 3 aromatic rings. The van der Waals surface area contributed by atoms with Crippen molar-refractivity contribution in [2.24, 2.45) is 0 Å². The number of halogens is 1. The van der Waals surface area contributed by atoms with Gasteiger partial charge in [-0.05, 0) is 53.9 Å². The minimum absolute atomic E-state index is 0.218. The fraction of sp³-hybridized carbons (Fsp3) is 0.150. The Morgan fingerprint density at radius 1 is 0.962 bits per heavy atom. The number of anilines is 2. The van der Waals surface area contributed by atoms with Crippen LogP contribution in [-0.4, -0.2) is 22.6 Å². The Kier molecular flexibility index (Phi) is 4.31. The van der Waals surface area contributed by atoms with E-state index in [2.05, 4.69) is 38.6 Å². The third kappa shape index (κ3) is 3.39. The maximum absolute atomic E-state index is 12.9. The van der Waals surface area contributed by atoms with E-state index in [0.717, 1.165) is 25.3 Å². The summed E-state index contributed by atoms with van der Waals surface area (Å²) in [6.45, 7) is 1.65. The number of benzene rings is 2. The maximum Gasteiger partial charge on any atom is 0.276 e. The first-order chi connectivity index (χ1) is 12.7. The number of fused-ring (bicyclic) bond motifs is 1. The van der Waals surface area contributed by atoms with Crippen LogP contribution in [0.2, 0.25) is 0 Å². The summed E-state index contributed by atoms with van der Waals surface area (Å²) < 4.78 is 12.9. The van der Waals surface area contributed by atoms with Crippen molar-refractivity contribution in [2.45, 2.75) is 13.0 Å². The van der Waals surface area contributed by atoms with E-state index in [-0.39, 0.29) is 17.4 Å². The summed E-state index contributed by atoms with van der Waals surface area (Å²) in [6.07, 6.45) is 0.963. The van der Waals surface area contributed by atoms with Crippen LogP contribution in [0.3, 0.4) is 0 Å². The van der Waals surface area contributed by atoms with Gasteiger partial charge in [-0.1, -0.05) is 24.3 Å². The smallest absolute Gasteiger partial charge is 0.276 e. The van der Waals surface area contributed by atoms with Crippen LogP contribution in [0.4, 0.5) is 15.9 Å². The molecule has 1 amide bonds. The molecule has 26 heavy (non-hydrogen) atoms. The summed E-state index contributed by atoms with van der Waals surface area (Å²) in [7, 11) is 0. The molecular weight excluding hydrogens is 331 g/mol. The molecule has 1 aliphatic heterocycles. The van der Waals surface area contributed by atoms with Crippen molar-refractivity contribution in [3.05, 3.63) is 83.3 Å². The highest BCUT2D eigenvalue weighted by molar-refractivity contribution is 6.02. The van der Waals surface area contributed by atoms with Crippen molar-refractivity contribution < 1.29 is 9.18 Å². The molecule has 6 heteroatoms. The zero-order valence-electron chi connectivity index (χ0n) is 14.0. The molecule has 5 nitrogen and oxygen atoms in total. The Labute approximate surface area is 150 Å². The summed E-state index contributed by atoms with van der Waals surface area (Å²) in [5, 5.41) is 10.9. The van der Waals surface area contributed by atoms with Gasteiger partial charge in [-0.2, -0.15) is 0 Å². The lowest BCUT2D eigenvalue weighted by atomic mass is 10.00. The van der Waals surface area contributed by atoms with Gasteiger partial charge in [0, 0.05) is 18.8 Å². The number of aromatic nitrogens is 2. The van der Waals surface area contributed by atoms with Crippen LogP contribution in [0, 0.1) is 5.82 Å². The van der Waals surface area contributed by atoms with Crippen molar-refractivity contribution in [1.82, 2.24) is 10.2 Å². The van der Waals surface area contributed by atoms with Crippen molar-refractivity contribution in [1.29, 1.82) is 0 Å². The molecule has 0 atom stereocenters. The molecule has 0 bridgehead atoms. The Balaban J connectivity index is 1.45. The van der Waals surface area contributed by atoms with Gasteiger partial charge in [0.15, 0.2) is 11.5 Å². The molecule has 0 fully saturated rings. The van der Waals surface area contributed by atoms with E-state index in [1.54, 1.807) is 12.1 Å². The fourth-order valence-corrected chi connectivity index (χ4v) is 3.03. The first-order valence-corrected chi connectivity index (χ1v) is 8.41. The zero-order valence-corrected chi connectivity index (χ0v) is 14.0. The number of hydrogen-bond acceptors (Lipinski definition) is 4. The summed E-state index contributed by atoms with van der Waals surface area (Å²) in [5.74, 6) is 0.0210. The predicted octanol–water partition coefficient (Wildman–Crippen LogP) is 3.43. The Morgan fingerprint density at radius 3 is 2.46 bits per heavy atom. The molecular formula is C20H17FN4O. The minimum atomic E-state index is -0.375. The van der Waals surface area contributed by atoms with Gasteiger partial charge in [-0.15, -0.1) is 10.2 Å². The predicted molar refractivity (Wildman–Crippen MR) is 97.6 cm³/mol. The molecule has 0 spiro atoms. The third-order valence-electron chi connectivity index (χ3n) is 4.44. The standard InChI is InChI=1S/C20H17FN4O/c21-16-5-7-17(8-6-16)22-20(26)18-9-10-19(24-23-18)25-12-11-14-3-1-2-4-15(14)13-25/h1-10H,11-13H2,(H,22,26). The molecule has 0 unspecified atom stereocenters. The Hall–Kier alpha value is -3.28. The second-order valence-corrected chi connectivity index (χ2v) is 6.18. The highest BCUT2D eigenvalue weighted by Crippen LogP contribution is 2.22. The lowest BCUT2D eigenvalue weighted by molar-refractivity contribution is 0.102. The molecule has 130 valence electrons. The molecule has 1 aromatic heterocycles. The zero-order chi connectivity index (χ0) is 17.9. The van der Waals surface area contributed by atoms with Crippen LogP contribution >= 0.6 is 0 Å². The normalized spacial score (nSPS) is 13.2. The molecule has 1 aliphatic rings. The average Bonchev–Trinajstić information content (AvgIpc) is 2.69. The summed E-state index contributed by atoms with van der Waals surface area (Å²) >= 11 is 0. The minimum Gasteiger partial charge on any atom is -0.350 e. The molecule has 2 aromatic carbocycles. The number of amides is 1. The van der Waals surface area contributed by atoms with Gasteiger partial charge in [-0.25, -0.2) is 4.39 Å². The van der Waals surface area contributed by atoms with Gasteiger partial charge in [-0.3, -0.25) is 4.79 Å². The first-order valence-electron chi connectivity index (χ1n) is 8.41. The van der Waals surface area contributed by atoms with E-state index in [0.29, 0.717) is 5.69 Å². The summed E-state index contributed by atoms with van der Waals surface area (Å²) in [5.41, 5.74) is 3.39. The summed E-state index contributed by atoms with van der Waals surface area (Å²) in [4.78, 5) is 14.4. The van der Waals surface area contributed by atoms with Crippen molar-refractivity contribution in [2.75, 3.05) is 16.8 Å². The van der Waals surface area contributed by atoms with Gasteiger partial charge in [0.05, 0.1) is 0 Å². The van der Waals surface area contributed by atoms with Gasteiger partial charge >= 0.3 is 0 Å². The van der Waals surface area contributed by atoms with E-state index < -0.39 is 0 Å². The first kappa shape index (κ1) is 16.2. The van der Waals surface area contributed by atoms with Crippen LogP contribution in [-0.2, 0) is 13.0 Å². The van der Waals surface area contributed by atoms with Crippen LogP contribution in [0.15, 0.2) is 60.7 Å². The van der Waals surface area contributed by atoms with E-state index in [9.17, 15) is 9.18 Å². The molecule has 0 radical (unpaired) electrons. The van der Waals surface area contributed by atoms with Crippen LogP contribution in [0.5, 0.6) is 0 Å².